The van der Waals surface area contributed by atoms with Crippen molar-refractivity contribution in [2.75, 3.05) is 6.54 Å². The minimum atomic E-state index is -1.27. The van der Waals surface area contributed by atoms with Crippen molar-refractivity contribution in [2.45, 2.75) is 38.3 Å². The Morgan fingerprint density at radius 3 is 2.71 bits per heavy atom. The van der Waals surface area contributed by atoms with Crippen LogP contribution in [0.1, 0.15) is 26.2 Å². The summed E-state index contributed by atoms with van der Waals surface area (Å²) in [5, 5.41) is 11.6. The molecule has 1 atom stereocenters. The van der Waals surface area contributed by atoms with Crippen molar-refractivity contribution in [3.8, 4) is 0 Å². The van der Waals surface area contributed by atoms with Gasteiger partial charge in [-0.1, -0.05) is 0 Å². The maximum Gasteiger partial charge on any atom is 0.329 e. The van der Waals surface area contributed by atoms with Gasteiger partial charge in [-0.05, 0) is 26.2 Å². The fourth-order valence-electron chi connectivity index (χ4n) is 2.54. The third kappa shape index (κ3) is 2.88. The Morgan fingerprint density at radius 2 is 2.05 bits per heavy atom. The molecule has 0 aromatic carbocycles. The summed E-state index contributed by atoms with van der Waals surface area (Å²) in [4.78, 5) is 47.8. The van der Waals surface area contributed by atoms with Gasteiger partial charge in [0.1, 0.15) is 12.1 Å². The number of aromatic amines is 1. The zero-order valence-electron chi connectivity index (χ0n) is 11.7. The average Bonchev–Trinajstić information content (AvgIpc) is 2.43. The smallest absolute Gasteiger partial charge is 0.329 e. The van der Waals surface area contributed by atoms with Gasteiger partial charge in [0.25, 0.3) is 11.1 Å². The Morgan fingerprint density at radius 1 is 1.33 bits per heavy atom. The highest BCUT2D eigenvalue weighted by molar-refractivity contribution is 5.86. The number of carbonyl (C=O) groups excluding carboxylic acids is 1. The Hall–Kier alpha value is -2.38. The summed E-state index contributed by atoms with van der Waals surface area (Å²) in [5.41, 5.74) is -2.28. The highest BCUT2D eigenvalue weighted by Gasteiger charge is 2.43. The van der Waals surface area contributed by atoms with E-state index in [2.05, 4.69) is 5.10 Å². The molecule has 2 N–H and O–H groups in total. The molecular formula is C13H17N3O5. The van der Waals surface area contributed by atoms with Crippen LogP contribution >= 0.6 is 0 Å². The van der Waals surface area contributed by atoms with Crippen molar-refractivity contribution in [3.63, 3.8) is 0 Å². The molecule has 21 heavy (non-hydrogen) atoms. The van der Waals surface area contributed by atoms with Gasteiger partial charge in [0.2, 0.25) is 5.91 Å². The molecule has 2 rings (SSSR count). The molecule has 1 aliphatic heterocycles. The maximum atomic E-state index is 12.3. The largest absolute Gasteiger partial charge is 0.480 e. The van der Waals surface area contributed by atoms with Crippen LogP contribution in [0.25, 0.3) is 0 Å². The third-order valence-electron chi connectivity index (χ3n) is 3.83. The van der Waals surface area contributed by atoms with Crippen LogP contribution in [0.3, 0.4) is 0 Å². The van der Waals surface area contributed by atoms with Gasteiger partial charge in [0.05, 0.1) is 0 Å². The van der Waals surface area contributed by atoms with E-state index in [0.717, 1.165) is 29.7 Å². The van der Waals surface area contributed by atoms with Crippen LogP contribution in [0.2, 0.25) is 0 Å². The Balaban J connectivity index is 2.26. The molecule has 1 unspecified atom stereocenters. The number of H-pyrrole nitrogens is 1. The number of hydrogen-bond donors (Lipinski definition) is 2. The molecule has 0 spiro atoms. The molecule has 1 saturated heterocycles. The molecule has 2 heterocycles. The number of piperidine rings is 1. The zero-order chi connectivity index (χ0) is 15.6. The van der Waals surface area contributed by atoms with E-state index in [0.29, 0.717) is 13.0 Å². The number of carboxylic acids is 1. The van der Waals surface area contributed by atoms with Crippen LogP contribution in [0, 0.1) is 0 Å². The molecule has 0 bridgehead atoms. The minimum Gasteiger partial charge on any atom is -0.480 e. The van der Waals surface area contributed by atoms with E-state index in [9.17, 15) is 24.3 Å². The lowest BCUT2D eigenvalue weighted by atomic mass is 9.88. The van der Waals surface area contributed by atoms with E-state index in [-0.39, 0.29) is 6.54 Å². The second-order valence-corrected chi connectivity index (χ2v) is 5.32. The van der Waals surface area contributed by atoms with Gasteiger partial charge in [-0.25, -0.2) is 9.48 Å². The van der Waals surface area contributed by atoms with Gasteiger partial charge >= 0.3 is 5.97 Å². The number of carbonyl (C=O) groups is 2. The predicted octanol–water partition coefficient (Wildman–Crippen LogP) is -0.608. The van der Waals surface area contributed by atoms with Crippen molar-refractivity contribution in [1.82, 2.24) is 14.7 Å². The first-order chi connectivity index (χ1) is 9.84. The summed E-state index contributed by atoms with van der Waals surface area (Å²) in [6.07, 6.45) is 1.82. The van der Waals surface area contributed by atoms with Crippen LogP contribution in [0.4, 0.5) is 0 Å². The van der Waals surface area contributed by atoms with E-state index < -0.39 is 28.5 Å². The number of aromatic nitrogens is 2. The van der Waals surface area contributed by atoms with Gasteiger partial charge in [0.15, 0.2) is 0 Å². The van der Waals surface area contributed by atoms with Crippen molar-refractivity contribution in [3.05, 3.63) is 32.8 Å². The lowest BCUT2D eigenvalue weighted by Gasteiger charge is -2.41. The Bertz CT molecular complexity index is 677. The number of carboxylic acid groups (broad SMARTS) is 1. The average molecular weight is 295 g/mol. The fraction of sp³-hybridized carbons (Fsp3) is 0.538. The number of rotatable bonds is 3. The number of hydrogen-bond acceptors (Lipinski definition) is 4. The second kappa shape index (κ2) is 5.55. The van der Waals surface area contributed by atoms with Gasteiger partial charge < -0.3 is 10.0 Å². The summed E-state index contributed by atoms with van der Waals surface area (Å²) in [7, 11) is 0. The topological polar surface area (TPSA) is 112 Å². The molecule has 1 aromatic rings. The molecule has 1 amide bonds. The SMILES string of the molecule is CC1(C(=O)O)CCCCN1C(=O)Cn1[nH]c(=O)ccc1=O. The number of amides is 1. The van der Waals surface area contributed by atoms with Crippen molar-refractivity contribution in [2.24, 2.45) is 0 Å². The number of likely N-dealkylation sites (tertiary alicyclic amines) is 1. The van der Waals surface area contributed by atoms with Crippen LogP contribution in [-0.2, 0) is 16.1 Å². The summed E-state index contributed by atoms with van der Waals surface area (Å²) in [6.45, 7) is 1.45. The second-order valence-electron chi connectivity index (χ2n) is 5.32. The van der Waals surface area contributed by atoms with E-state index in [1.807, 2.05) is 0 Å². The fourth-order valence-corrected chi connectivity index (χ4v) is 2.54. The molecule has 1 fully saturated rings. The molecule has 0 radical (unpaired) electrons. The maximum absolute atomic E-state index is 12.3. The van der Waals surface area contributed by atoms with Gasteiger partial charge in [-0.2, -0.15) is 0 Å². The molecule has 1 aliphatic rings. The lowest BCUT2D eigenvalue weighted by Crippen LogP contribution is -2.58. The predicted molar refractivity (Wildman–Crippen MR) is 72.9 cm³/mol. The standard InChI is InChI=1S/C13H17N3O5/c1-13(12(20)21)6-2-3-7-15(13)11(19)8-16-10(18)5-4-9(17)14-16/h4-5H,2-3,6-8H2,1H3,(H,14,17)(H,20,21). The Kier molecular flexibility index (Phi) is 3.97. The quantitative estimate of drug-likeness (QED) is 0.772. The van der Waals surface area contributed by atoms with Crippen LogP contribution in [-0.4, -0.2) is 43.7 Å². The molecular weight excluding hydrogens is 278 g/mol. The number of aliphatic carboxylic acids is 1. The lowest BCUT2D eigenvalue weighted by molar-refractivity contribution is -0.161. The van der Waals surface area contributed by atoms with Crippen LogP contribution in [0.5, 0.6) is 0 Å². The normalized spacial score (nSPS) is 22.0. The van der Waals surface area contributed by atoms with Gasteiger partial charge in [0, 0.05) is 18.7 Å². The van der Waals surface area contributed by atoms with Crippen LogP contribution < -0.4 is 11.1 Å². The molecule has 1 aromatic heterocycles. The number of nitrogens with zero attached hydrogens (tertiary/aromatic N) is 2. The first-order valence-electron chi connectivity index (χ1n) is 6.68. The van der Waals surface area contributed by atoms with E-state index in [1.165, 1.54) is 11.8 Å². The van der Waals surface area contributed by atoms with Crippen molar-refractivity contribution in [1.29, 1.82) is 0 Å². The van der Waals surface area contributed by atoms with E-state index in [4.69, 9.17) is 0 Å². The van der Waals surface area contributed by atoms with Crippen LogP contribution in [0.15, 0.2) is 21.7 Å². The molecule has 8 heteroatoms. The van der Waals surface area contributed by atoms with Crippen molar-refractivity contribution >= 4 is 11.9 Å². The zero-order valence-corrected chi connectivity index (χ0v) is 11.7. The first kappa shape index (κ1) is 15.0. The summed E-state index contributed by atoms with van der Waals surface area (Å²) in [5.74, 6) is -1.56. The number of nitrogens with one attached hydrogen (secondary N) is 1. The molecule has 0 aliphatic carbocycles. The summed E-state index contributed by atoms with van der Waals surface area (Å²) in [6, 6.07) is 2.14. The summed E-state index contributed by atoms with van der Waals surface area (Å²) < 4.78 is 0.890. The summed E-state index contributed by atoms with van der Waals surface area (Å²) >= 11 is 0. The molecule has 114 valence electrons. The van der Waals surface area contributed by atoms with E-state index in [1.54, 1.807) is 0 Å². The highest BCUT2D eigenvalue weighted by Crippen LogP contribution is 2.28. The monoisotopic (exact) mass is 295 g/mol. The van der Waals surface area contributed by atoms with E-state index >= 15 is 0 Å². The molecule has 0 saturated carbocycles. The Labute approximate surface area is 120 Å². The third-order valence-corrected chi connectivity index (χ3v) is 3.83. The van der Waals surface area contributed by atoms with Gasteiger partial charge in [-0.3, -0.25) is 19.5 Å². The minimum absolute atomic E-state index is 0.327. The van der Waals surface area contributed by atoms with Crippen molar-refractivity contribution < 1.29 is 14.7 Å². The first-order valence-corrected chi connectivity index (χ1v) is 6.68. The van der Waals surface area contributed by atoms with Gasteiger partial charge in [-0.15, -0.1) is 0 Å². The highest BCUT2D eigenvalue weighted by atomic mass is 16.4. The molecule has 8 nitrogen and oxygen atoms in total.